The molecular formula is C13H24N2O3. The lowest BCUT2D eigenvalue weighted by Gasteiger charge is -2.39. The predicted octanol–water partition coefficient (Wildman–Crippen LogP) is 2.07. The summed E-state index contributed by atoms with van der Waals surface area (Å²) in [7, 11) is 0. The van der Waals surface area contributed by atoms with Crippen LogP contribution < -0.4 is 5.32 Å². The SMILES string of the molecule is CC1CCCC(C)N1C(=O)NCC(C)(C)C(=O)O. The summed E-state index contributed by atoms with van der Waals surface area (Å²) >= 11 is 0. The number of nitrogens with one attached hydrogen (secondary N) is 1. The first kappa shape index (κ1) is 14.8. The third-order valence-corrected chi connectivity index (χ3v) is 3.69. The minimum Gasteiger partial charge on any atom is -0.481 e. The van der Waals surface area contributed by atoms with Crippen LogP contribution >= 0.6 is 0 Å². The topological polar surface area (TPSA) is 69.6 Å². The van der Waals surface area contributed by atoms with Gasteiger partial charge < -0.3 is 15.3 Å². The first-order chi connectivity index (χ1) is 8.25. The zero-order chi connectivity index (χ0) is 13.9. The lowest BCUT2D eigenvalue weighted by Crippen LogP contribution is -2.53. The Hall–Kier alpha value is -1.26. The Morgan fingerprint density at radius 1 is 1.28 bits per heavy atom. The molecule has 2 atom stereocenters. The number of piperidine rings is 1. The second kappa shape index (κ2) is 5.59. The molecule has 1 fully saturated rings. The lowest BCUT2D eigenvalue weighted by molar-refractivity contribution is -0.146. The van der Waals surface area contributed by atoms with E-state index in [1.54, 1.807) is 13.8 Å². The van der Waals surface area contributed by atoms with Crippen LogP contribution in [-0.2, 0) is 4.79 Å². The van der Waals surface area contributed by atoms with Crippen LogP contribution in [0.1, 0.15) is 47.0 Å². The largest absolute Gasteiger partial charge is 0.481 e. The Labute approximate surface area is 109 Å². The molecule has 2 unspecified atom stereocenters. The molecule has 5 nitrogen and oxygen atoms in total. The highest BCUT2D eigenvalue weighted by molar-refractivity contribution is 5.78. The van der Waals surface area contributed by atoms with Gasteiger partial charge in [0.15, 0.2) is 0 Å². The second-order valence-electron chi connectivity index (χ2n) is 5.88. The van der Waals surface area contributed by atoms with Crippen LogP contribution in [-0.4, -0.2) is 40.6 Å². The maximum absolute atomic E-state index is 12.1. The zero-order valence-electron chi connectivity index (χ0n) is 11.7. The molecule has 0 aromatic heterocycles. The van der Waals surface area contributed by atoms with Gasteiger partial charge in [-0.3, -0.25) is 4.79 Å². The van der Waals surface area contributed by atoms with E-state index in [-0.39, 0.29) is 24.7 Å². The van der Waals surface area contributed by atoms with Gasteiger partial charge >= 0.3 is 12.0 Å². The van der Waals surface area contributed by atoms with E-state index in [1.165, 1.54) is 0 Å². The molecule has 2 N–H and O–H groups in total. The van der Waals surface area contributed by atoms with Gasteiger partial charge in [-0.15, -0.1) is 0 Å². The molecule has 5 heteroatoms. The van der Waals surface area contributed by atoms with Gasteiger partial charge in [0.2, 0.25) is 0 Å². The molecule has 1 aliphatic heterocycles. The van der Waals surface area contributed by atoms with E-state index in [9.17, 15) is 9.59 Å². The van der Waals surface area contributed by atoms with Crippen molar-refractivity contribution in [3.8, 4) is 0 Å². The Balaban J connectivity index is 2.57. The highest BCUT2D eigenvalue weighted by atomic mass is 16.4. The summed E-state index contributed by atoms with van der Waals surface area (Å²) in [6.45, 7) is 7.45. The summed E-state index contributed by atoms with van der Waals surface area (Å²) < 4.78 is 0. The molecule has 0 saturated carbocycles. The summed E-state index contributed by atoms with van der Waals surface area (Å²) in [5.41, 5.74) is -0.933. The smallest absolute Gasteiger partial charge is 0.317 e. The number of carbonyl (C=O) groups is 2. The first-order valence-electron chi connectivity index (χ1n) is 6.55. The number of carboxylic acids is 1. The minimum atomic E-state index is -0.933. The molecule has 0 aliphatic carbocycles. The molecule has 0 bridgehead atoms. The quantitative estimate of drug-likeness (QED) is 0.812. The fraction of sp³-hybridized carbons (Fsp3) is 0.846. The van der Waals surface area contributed by atoms with Crippen LogP contribution in [0.3, 0.4) is 0 Å². The van der Waals surface area contributed by atoms with Crippen molar-refractivity contribution in [1.29, 1.82) is 0 Å². The molecule has 1 aliphatic rings. The van der Waals surface area contributed by atoms with Crippen LogP contribution in [0.2, 0.25) is 0 Å². The van der Waals surface area contributed by atoms with Gasteiger partial charge in [-0.25, -0.2) is 4.79 Å². The summed E-state index contributed by atoms with van der Waals surface area (Å²) in [6, 6.07) is 0.299. The number of amides is 2. The first-order valence-corrected chi connectivity index (χ1v) is 6.55. The summed E-state index contributed by atoms with van der Waals surface area (Å²) in [4.78, 5) is 24.9. The molecule has 1 saturated heterocycles. The number of rotatable bonds is 3. The van der Waals surface area contributed by atoms with Crippen molar-refractivity contribution in [2.75, 3.05) is 6.54 Å². The van der Waals surface area contributed by atoms with Crippen molar-refractivity contribution in [3.63, 3.8) is 0 Å². The van der Waals surface area contributed by atoms with Crippen molar-refractivity contribution in [1.82, 2.24) is 10.2 Å². The molecule has 2 amide bonds. The fourth-order valence-corrected chi connectivity index (χ4v) is 2.29. The van der Waals surface area contributed by atoms with Crippen LogP contribution in [0.25, 0.3) is 0 Å². The number of likely N-dealkylation sites (tertiary alicyclic amines) is 1. The monoisotopic (exact) mass is 256 g/mol. The molecule has 18 heavy (non-hydrogen) atoms. The van der Waals surface area contributed by atoms with E-state index >= 15 is 0 Å². The molecule has 0 aromatic carbocycles. The standard InChI is InChI=1S/C13H24N2O3/c1-9-6-5-7-10(2)15(9)12(18)14-8-13(3,4)11(16)17/h9-10H,5-8H2,1-4H3,(H,14,18)(H,16,17). The van der Waals surface area contributed by atoms with E-state index in [1.807, 2.05) is 18.7 Å². The van der Waals surface area contributed by atoms with E-state index in [0.29, 0.717) is 0 Å². The van der Waals surface area contributed by atoms with Crippen LogP contribution in [0.5, 0.6) is 0 Å². The average molecular weight is 256 g/mol. The lowest BCUT2D eigenvalue weighted by atomic mass is 9.94. The minimum absolute atomic E-state index is 0.149. The Morgan fingerprint density at radius 3 is 2.22 bits per heavy atom. The number of nitrogens with zero attached hydrogens (tertiary/aromatic N) is 1. The average Bonchev–Trinajstić information content (AvgIpc) is 2.26. The molecule has 1 heterocycles. The third-order valence-electron chi connectivity index (χ3n) is 3.69. The molecule has 0 aromatic rings. The van der Waals surface area contributed by atoms with E-state index in [0.717, 1.165) is 19.3 Å². The Bertz CT molecular complexity index is 318. The normalized spacial score (nSPS) is 24.8. The van der Waals surface area contributed by atoms with Gasteiger partial charge in [-0.05, 0) is 47.0 Å². The van der Waals surface area contributed by atoms with Gasteiger partial charge in [0.05, 0.1) is 5.41 Å². The fourth-order valence-electron chi connectivity index (χ4n) is 2.29. The van der Waals surface area contributed by atoms with Crippen molar-refractivity contribution in [2.45, 2.75) is 59.0 Å². The Kier molecular flexibility index (Phi) is 4.59. The summed E-state index contributed by atoms with van der Waals surface area (Å²) in [5, 5.41) is 11.7. The van der Waals surface area contributed by atoms with Gasteiger partial charge in [0, 0.05) is 18.6 Å². The van der Waals surface area contributed by atoms with Crippen molar-refractivity contribution in [3.05, 3.63) is 0 Å². The number of aliphatic carboxylic acids is 1. The van der Waals surface area contributed by atoms with Crippen LogP contribution in [0, 0.1) is 5.41 Å². The number of urea groups is 1. The summed E-state index contributed by atoms with van der Waals surface area (Å²) in [5.74, 6) is -0.900. The Morgan fingerprint density at radius 2 is 1.78 bits per heavy atom. The van der Waals surface area contributed by atoms with Crippen molar-refractivity contribution in [2.24, 2.45) is 5.41 Å². The number of carboxylic acid groups (broad SMARTS) is 1. The second-order valence-corrected chi connectivity index (χ2v) is 5.88. The van der Waals surface area contributed by atoms with Gasteiger partial charge in [-0.1, -0.05) is 0 Å². The summed E-state index contributed by atoms with van der Waals surface area (Å²) in [6.07, 6.45) is 3.17. The zero-order valence-corrected chi connectivity index (χ0v) is 11.7. The van der Waals surface area contributed by atoms with Gasteiger partial charge in [0.1, 0.15) is 0 Å². The van der Waals surface area contributed by atoms with Crippen LogP contribution in [0.4, 0.5) is 4.79 Å². The molecule has 104 valence electrons. The van der Waals surface area contributed by atoms with Crippen molar-refractivity contribution >= 4 is 12.0 Å². The molecule has 1 rings (SSSR count). The molecule has 0 radical (unpaired) electrons. The van der Waals surface area contributed by atoms with E-state index in [2.05, 4.69) is 5.32 Å². The van der Waals surface area contributed by atoms with Crippen LogP contribution in [0.15, 0.2) is 0 Å². The highest BCUT2D eigenvalue weighted by Crippen LogP contribution is 2.22. The van der Waals surface area contributed by atoms with Gasteiger partial charge in [-0.2, -0.15) is 0 Å². The number of hydrogen-bond donors (Lipinski definition) is 2. The van der Waals surface area contributed by atoms with E-state index < -0.39 is 11.4 Å². The van der Waals surface area contributed by atoms with E-state index in [4.69, 9.17) is 5.11 Å². The number of carbonyl (C=O) groups excluding carboxylic acids is 1. The maximum atomic E-state index is 12.1. The van der Waals surface area contributed by atoms with Gasteiger partial charge in [0.25, 0.3) is 0 Å². The highest BCUT2D eigenvalue weighted by Gasteiger charge is 2.32. The predicted molar refractivity (Wildman–Crippen MR) is 69.4 cm³/mol. The molecule has 0 spiro atoms. The van der Waals surface area contributed by atoms with Crippen molar-refractivity contribution < 1.29 is 14.7 Å². The molecular weight excluding hydrogens is 232 g/mol. The maximum Gasteiger partial charge on any atom is 0.317 e. The number of hydrogen-bond acceptors (Lipinski definition) is 2. The third kappa shape index (κ3) is 3.37.